The van der Waals surface area contributed by atoms with Gasteiger partial charge in [-0.05, 0) is 66.1 Å². The lowest BCUT2D eigenvalue weighted by molar-refractivity contribution is 0.602. The highest BCUT2D eigenvalue weighted by Gasteiger charge is 2.10. The average molecular weight is 397 g/mol. The predicted octanol–water partition coefficient (Wildman–Crippen LogP) is 5.06. The van der Waals surface area contributed by atoms with Gasteiger partial charge in [-0.1, -0.05) is 29.8 Å². The van der Waals surface area contributed by atoms with Crippen LogP contribution in [-0.2, 0) is 9.84 Å². The van der Waals surface area contributed by atoms with Crippen molar-refractivity contribution >= 4 is 32.5 Å². The van der Waals surface area contributed by atoms with Gasteiger partial charge < -0.3 is 0 Å². The minimum atomic E-state index is -3.22. The molecular weight excluding hydrogens is 380 g/mol. The van der Waals surface area contributed by atoms with Crippen LogP contribution in [0.1, 0.15) is 5.56 Å². The molecule has 0 bridgehead atoms. The molecule has 0 amide bonds. The molecule has 136 valence electrons. The summed E-state index contributed by atoms with van der Waals surface area (Å²) in [5.74, 6) is 0. The van der Waals surface area contributed by atoms with Crippen molar-refractivity contribution in [2.24, 2.45) is 0 Å². The first-order valence-electron chi connectivity index (χ1n) is 8.37. The molecule has 0 saturated heterocycles. The molecule has 0 aliphatic carbocycles. The number of rotatable bonds is 3. The van der Waals surface area contributed by atoms with E-state index in [-0.39, 0.29) is 0 Å². The number of imidazole rings is 1. The van der Waals surface area contributed by atoms with E-state index < -0.39 is 9.84 Å². The summed E-state index contributed by atoms with van der Waals surface area (Å²) in [5.41, 5.74) is 5.77. The number of hydrogen-bond donors (Lipinski definition) is 0. The van der Waals surface area contributed by atoms with E-state index in [1.54, 1.807) is 30.6 Å². The quantitative estimate of drug-likeness (QED) is 0.486. The van der Waals surface area contributed by atoms with Gasteiger partial charge in [0, 0.05) is 17.0 Å². The second kappa shape index (κ2) is 6.51. The van der Waals surface area contributed by atoms with Gasteiger partial charge in [0.05, 0.1) is 15.9 Å². The predicted molar refractivity (Wildman–Crippen MR) is 109 cm³/mol. The maximum atomic E-state index is 11.7. The van der Waals surface area contributed by atoms with Crippen LogP contribution in [-0.4, -0.2) is 24.2 Å². The lowest BCUT2D eigenvalue weighted by Gasteiger charge is -2.08. The third-order valence-electron chi connectivity index (χ3n) is 4.60. The highest BCUT2D eigenvalue weighted by molar-refractivity contribution is 7.90. The van der Waals surface area contributed by atoms with E-state index >= 15 is 0 Å². The lowest BCUT2D eigenvalue weighted by Crippen LogP contribution is -1.98. The van der Waals surface area contributed by atoms with E-state index in [0.29, 0.717) is 4.90 Å². The van der Waals surface area contributed by atoms with Gasteiger partial charge in [0.25, 0.3) is 0 Å². The van der Waals surface area contributed by atoms with Crippen LogP contribution >= 0.6 is 11.6 Å². The summed E-state index contributed by atoms with van der Waals surface area (Å²) in [5, 5.41) is 0.734. The van der Waals surface area contributed by atoms with Crippen LogP contribution in [0.15, 0.2) is 71.9 Å². The molecule has 6 heteroatoms. The Labute approximate surface area is 163 Å². The molecule has 0 aliphatic rings. The van der Waals surface area contributed by atoms with Crippen molar-refractivity contribution in [2.45, 2.75) is 11.8 Å². The molecule has 0 aliphatic heterocycles. The van der Waals surface area contributed by atoms with Crippen LogP contribution < -0.4 is 0 Å². The number of aromatic nitrogens is 2. The minimum Gasteiger partial charge on any atom is -0.299 e. The first kappa shape index (κ1) is 17.8. The van der Waals surface area contributed by atoms with Crippen LogP contribution in [0.25, 0.3) is 27.8 Å². The summed E-state index contributed by atoms with van der Waals surface area (Å²) in [7, 11) is -3.22. The summed E-state index contributed by atoms with van der Waals surface area (Å²) >= 11 is 6.27. The highest BCUT2D eigenvalue weighted by atomic mass is 35.5. The topological polar surface area (TPSA) is 52.0 Å². The molecule has 0 N–H and O–H groups in total. The van der Waals surface area contributed by atoms with E-state index in [4.69, 9.17) is 11.6 Å². The molecular formula is C21H17ClN2O2S. The molecule has 0 spiro atoms. The molecule has 1 heterocycles. The summed E-state index contributed by atoms with van der Waals surface area (Å²) < 4.78 is 25.3. The van der Waals surface area contributed by atoms with Crippen LogP contribution in [0, 0.1) is 6.92 Å². The molecule has 0 radical (unpaired) electrons. The molecule has 27 heavy (non-hydrogen) atoms. The minimum absolute atomic E-state index is 0.297. The Balaban J connectivity index is 1.82. The number of fused-ring (bicyclic) bond motifs is 1. The fourth-order valence-electron chi connectivity index (χ4n) is 3.02. The summed E-state index contributed by atoms with van der Waals surface area (Å²) in [4.78, 5) is 4.75. The maximum absolute atomic E-state index is 11.7. The van der Waals surface area contributed by atoms with E-state index in [0.717, 1.165) is 38.4 Å². The van der Waals surface area contributed by atoms with Crippen molar-refractivity contribution in [1.29, 1.82) is 0 Å². The second-order valence-corrected chi connectivity index (χ2v) is 8.97. The number of benzene rings is 3. The van der Waals surface area contributed by atoms with Crippen LogP contribution in [0.2, 0.25) is 5.02 Å². The first-order valence-corrected chi connectivity index (χ1v) is 10.6. The van der Waals surface area contributed by atoms with E-state index in [9.17, 15) is 8.42 Å². The summed E-state index contributed by atoms with van der Waals surface area (Å²) in [6, 6.07) is 18.9. The van der Waals surface area contributed by atoms with Crippen LogP contribution in [0.4, 0.5) is 0 Å². The third kappa shape index (κ3) is 3.36. The normalized spacial score (nSPS) is 11.8. The van der Waals surface area contributed by atoms with Gasteiger partial charge in [-0.2, -0.15) is 0 Å². The largest absolute Gasteiger partial charge is 0.299 e. The number of nitrogens with zero attached hydrogens (tertiary/aromatic N) is 2. The Kier molecular flexibility index (Phi) is 4.29. The van der Waals surface area contributed by atoms with Crippen molar-refractivity contribution < 1.29 is 8.42 Å². The Bertz CT molecular complexity index is 1260. The van der Waals surface area contributed by atoms with Crippen molar-refractivity contribution in [3.63, 3.8) is 0 Å². The third-order valence-corrected chi connectivity index (χ3v) is 6.13. The van der Waals surface area contributed by atoms with Crippen molar-refractivity contribution in [1.82, 2.24) is 9.55 Å². The SMILES string of the molecule is Cc1ccc(-c2ccc3ncn(-c4ccc(S(C)(=O)=O)cc4)c3c2)cc1Cl. The monoisotopic (exact) mass is 396 g/mol. The molecule has 4 rings (SSSR count). The number of halogens is 1. The lowest BCUT2D eigenvalue weighted by atomic mass is 10.0. The van der Waals surface area contributed by atoms with Gasteiger partial charge >= 0.3 is 0 Å². The standard InChI is InChI=1S/C21H17ClN2O2S/c1-14-3-4-15(11-19(14)22)16-5-10-20-21(12-16)24(13-23-20)17-6-8-18(9-7-17)27(2,25)26/h3-13H,1-2H3. The first-order chi connectivity index (χ1) is 12.8. The van der Waals surface area contributed by atoms with Gasteiger partial charge in [-0.3, -0.25) is 4.57 Å². The maximum Gasteiger partial charge on any atom is 0.175 e. The van der Waals surface area contributed by atoms with Gasteiger partial charge in [-0.15, -0.1) is 0 Å². The smallest absolute Gasteiger partial charge is 0.175 e. The Hall–Kier alpha value is -2.63. The molecule has 0 saturated carbocycles. The van der Waals surface area contributed by atoms with E-state index in [2.05, 4.69) is 11.1 Å². The molecule has 4 nitrogen and oxygen atoms in total. The van der Waals surface area contributed by atoms with Crippen molar-refractivity contribution in [3.05, 3.63) is 77.6 Å². The molecule has 1 aromatic heterocycles. The molecule has 0 unspecified atom stereocenters. The Morgan fingerprint density at radius 1 is 0.926 bits per heavy atom. The molecule has 4 aromatic rings. The molecule has 3 aromatic carbocycles. The highest BCUT2D eigenvalue weighted by Crippen LogP contribution is 2.29. The zero-order valence-electron chi connectivity index (χ0n) is 14.8. The van der Waals surface area contributed by atoms with Gasteiger partial charge in [0.2, 0.25) is 0 Å². The van der Waals surface area contributed by atoms with Crippen LogP contribution in [0.5, 0.6) is 0 Å². The van der Waals surface area contributed by atoms with E-state index in [1.807, 2.05) is 41.8 Å². The van der Waals surface area contributed by atoms with Gasteiger partial charge in [0.15, 0.2) is 9.84 Å². The number of aryl methyl sites for hydroxylation is 1. The molecule has 0 fully saturated rings. The van der Waals surface area contributed by atoms with Crippen molar-refractivity contribution in [3.8, 4) is 16.8 Å². The van der Waals surface area contributed by atoms with E-state index in [1.165, 1.54) is 6.26 Å². The molecule has 0 atom stereocenters. The zero-order chi connectivity index (χ0) is 19.2. The summed E-state index contributed by atoms with van der Waals surface area (Å²) in [6.07, 6.45) is 2.94. The Morgan fingerprint density at radius 2 is 1.59 bits per heavy atom. The summed E-state index contributed by atoms with van der Waals surface area (Å²) in [6.45, 7) is 1.98. The zero-order valence-corrected chi connectivity index (χ0v) is 16.4. The second-order valence-electron chi connectivity index (χ2n) is 6.55. The van der Waals surface area contributed by atoms with Crippen LogP contribution in [0.3, 0.4) is 0 Å². The number of sulfone groups is 1. The van der Waals surface area contributed by atoms with Gasteiger partial charge in [0.1, 0.15) is 6.33 Å². The average Bonchev–Trinajstić information content (AvgIpc) is 3.06. The fourth-order valence-corrected chi connectivity index (χ4v) is 3.83. The van der Waals surface area contributed by atoms with Crippen molar-refractivity contribution in [2.75, 3.05) is 6.26 Å². The number of hydrogen-bond acceptors (Lipinski definition) is 3. The van der Waals surface area contributed by atoms with Gasteiger partial charge in [-0.25, -0.2) is 13.4 Å². The fraction of sp³-hybridized carbons (Fsp3) is 0.0952. The Morgan fingerprint density at radius 3 is 2.26 bits per heavy atom.